The number of ether oxygens (including phenoxy) is 1. The van der Waals surface area contributed by atoms with Crippen molar-refractivity contribution in [2.75, 3.05) is 7.11 Å². The lowest BCUT2D eigenvalue weighted by Gasteiger charge is -2.06. The van der Waals surface area contributed by atoms with Crippen molar-refractivity contribution in [3.05, 3.63) is 65.2 Å². The van der Waals surface area contributed by atoms with E-state index in [9.17, 15) is 9.59 Å². The number of Topliss-reactive ketones (excluding diaryl/α,β-unsaturated/α-hetero) is 2. The number of hydrogen-bond donors (Lipinski definition) is 0. The molecule has 0 unspecified atom stereocenters. The quantitative estimate of drug-likeness (QED) is 0.622. The van der Waals surface area contributed by atoms with Crippen LogP contribution in [0.25, 0.3) is 0 Å². The zero-order valence-corrected chi connectivity index (χ0v) is 10.8. The zero-order chi connectivity index (χ0) is 13.8. The summed E-state index contributed by atoms with van der Waals surface area (Å²) in [6, 6.07) is 13.5. The van der Waals surface area contributed by atoms with E-state index in [4.69, 9.17) is 4.74 Å². The number of methoxy groups -OCH3 is 1. The van der Waals surface area contributed by atoms with Crippen LogP contribution in [0.2, 0.25) is 0 Å². The molecule has 0 aliphatic carbocycles. The van der Waals surface area contributed by atoms with Crippen LogP contribution in [0.3, 0.4) is 0 Å². The van der Waals surface area contributed by atoms with Crippen LogP contribution >= 0.6 is 0 Å². The van der Waals surface area contributed by atoms with Gasteiger partial charge in [-0.1, -0.05) is 30.3 Å². The summed E-state index contributed by atoms with van der Waals surface area (Å²) in [6.07, 6.45) is 0. The normalized spacial score (nSPS) is 10.0. The molecule has 0 aliphatic rings. The van der Waals surface area contributed by atoms with Gasteiger partial charge in [0.2, 0.25) is 11.6 Å². The summed E-state index contributed by atoms with van der Waals surface area (Å²) in [5, 5.41) is 0. The molecule has 0 saturated carbocycles. The van der Waals surface area contributed by atoms with E-state index in [0.717, 1.165) is 5.56 Å². The van der Waals surface area contributed by atoms with Crippen molar-refractivity contribution < 1.29 is 14.3 Å². The van der Waals surface area contributed by atoms with Crippen molar-refractivity contribution in [2.45, 2.75) is 6.92 Å². The lowest BCUT2D eigenvalue weighted by molar-refractivity contribution is 0.0817. The van der Waals surface area contributed by atoms with E-state index >= 15 is 0 Å². The number of rotatable bonds is 4. The number of carbonyl (C=O) groups is 2. The second kappa shape index (κ2) is 5.48. The van der Waals surface area contributed by atoms with E-state index in [0.29, 0.717) is 16.9 Å². The maximum atomic E-state index is 12.1. The minimum atomic E-state index is -0.503. The first-order valence-electron chi connectivity index (χ1n) is 5.92. The van der Waals surface area contributed by atoms with E-state index < -0.39 is 11.6 Å². The smallest absolute Gasteiger partial charge is 0.233 e. The molecule has 2 aromatic carbocycles. The monoisotopic (exact) mass is 254 g/mol. The van der Waals surface area contributed by atoms with Gasteiger partial charge in [-0.2, -0.15) is 0 Å². The first-order chi connectivity index (χ1) is 9.13. The molecule has 0 aromatic heterocycles. The van der Waals surface area contributed by atoms with Gasteiger partial charge in [0, 0.05) is 11.1 Å². The van der Waals surface area contributed by atoms with Gasteiger partial charge in [-0.3, -0.25) is 9.59 Å². The highest BCUT2D eigenvalue weighted by molar-refractivity contribution is 6.49. The Hall–Kier alpha value is -2.42. The van der Waals surface area contributed by atoms with Crippen LogP contribution in [0.1, 0.15) is 26.3 Å². The maximum absolute atomic E-state index is 12.1. The topological polar surface area (TPSA) is 43.4 Å². The lowest BCUT2D eigenvalue weighted by atomic mass is 10.00. The number of aryl methyl sites for hydroxylation is 1. The van der Waals surface area contributed by atoms with Crippen LogP contribution in [0, 0.1) is 6.92 Å². The Morgan fingerprint density at radius 2 is 1.53 bits per heavy atom. The zero-order valence-electron chi connectivity index (χ0n) is 10.8. The molecular formula is C16H14O3. The van der Waals surface area contributed by atoms with Gasteiger partial charge in [-0.25, -0.2) is 0 Å². The third-order valence-electron chi connectivity index (χ3n) is 2.90. The Labute approximate surface area is 111 Å². The summed E-state index contributed by atoms with van der Waals surface area (Å²) < 4.78 is 5.13. The van der Waals surface area contributed by atoms with Crippen molar-refractivity contribution in [3.63, 3.8) is 0 Å². The fourth-order valence-corrected chi connectivity index (χ4v) is 1.87. The lowest BCUT2D eigenvalue weighted by Crippen LogP contribution is -2.14. The van der Waals surface area contributed by atoms with Gasteiger partial charge in [-0.05, 0) is 30.7 Å². The van der Waals surface area contributed by atoms with Gasteiger partial charge < -0.3 is 4.74 Å². The Balaban J connectivity index is 2.30. The van der Waals surface area contributed by atoms with E-state index in [2.05, 4.69) is 0 Å². The summed E-state index contributed by atoms with van der Waals surface area (Å²) >= 11 is 0. The molecule has 3 heteroatoms. The average Bonchev–Trinajstić information content (AvgIpc) is 2.46. The van der Waals surface area contributed by atoms with Crippen LogP contribution in [-0.4, -0.2) is 18.7 Å². The van der Waals surface area contributed by atoms with Gasteiger partial charge in [0.1, 0.15) is 5.75 Å². The van der Waals surface area contributed by atoms with Crippen LogP contribution < -0.4 is 4.74 Å². The molecule has 0 atom stereocenters. The Morgan fingerprint density at radius 3 is 2.11 bits per heavy atom. The summed E-state index contributed by atoms with van der Waals surface area (Å²) in [7, 11) is 1.57. The third-order valence-corrected chi connectivity index (χ3v) is 2.90. The SMILES string of the molecule is COc1ccc(C(=O)C(=O)c2ccccc2)cc1C. The van der Waals surface area contributed by atoms with Crippen molar-refractivity contribution >= 4 is 11.6 Å². The van der Waals surface area contributed by atoms with Crippen LogP contribution in [0.4, 0.5) is 0 Å². The van der Waals surface area contributed by atoms with Crippen molar-refractivity contribution in [3.8, 4) is 5.75 Å². The molecule has 19 heavy (non-hydrogen) atoms. The molecule has 0 aliphatic heterocycles. The van der Waals surface area contributed by atoms with Crippen LogP contribution in [0.5, 0.6) is 5.75 Å². The molecule has 3 nitrogen and oxygen atoms in total. The molecule has 0 spiro atoms. The van der Waals surface area contributed by atoms with Crippen molar-refractivity contribution in [1.29, 1.82) is 0 Å². The average molecular weight is 254 g/mol. The van der Waals surface area contributed by atoms with Crippen molar-refractivity contribution in [2.24, 2.45) is 0 Å². The first kappa shape index (κ1) is 13.0. The highest BCUT2D eigenvalue weighted by Crippen LogP contribution is 2.19. The minimum Gasteiger partial charge on any atom is -0.496 e. The van der Waals surface area contributed by atoms with Crippen LogP contribution in [-0.2, 0) is 0 Å². The van der Waals surface area contributed by atoms with Gasteiger partial charge in [0.25, 0.3) is 0 Å². The van der Waals surface area contributed by atoms with Gasteiger partial charge in [0.15, 0.2) is 0 Å². The molecular weight excluding hydrogens is 240 g/mol. The molecule has 2 aromatic rings. The second-order valence-electron chi connectivity index (χ2n) is 4.21. The highest BCUT2D eigenvalue weighted by atomic mass is 16.5. The first-order valence-corrected chi connectivity index (χ1v) is 5.92. The number of ketones is 2. The number of carbonyl (C=O) groups excluding carboxylic acids is 2. The number of benzene rings is 2. The van der Waals surface area contributed by atoms with E-state index in [-0.39, 0.29) is 0 Å². The Bertz CT molecular complexity index is 615. The molecule has 0 heterocycles. The number of hydrogen-bond acceptors (Lipinski definition) is 3. The fraction of sp³-hybridized carbons (Fsp3) is 0.125. The van der Waals surface area contributed by atoms with E-state index in [1.165, 1.54) is 0 Å². The Morgan fingerprint density at radius 1 is 0.895 bits per heavy atom. The van der Waals surface area contributed by atoms with E-state index in [1.807, 2.05) is 6.92 Å². The molecule has 0 fully saturated rings. The van der Waals surface area contributed by atoms with Gasteiger partial charge >= 0.3 is 0 Å². The predicted octanol–water partition coefficient (Wildman–Crippen LogP) is 3.07. The minimum absolute atomic E-state index is 0.382. The molecule has 2 rings (SSSR count). The largest absolute Gasteiger partial charge is 0.496 e. The van der Waals surface area contributed by atoms with Crippen LogP contribution in [0.15, 0.2) is 48.5 Å². The molecule has 0 saturated heterocycles. The van der Waals surface area contributed by atoms with Gasteiger partial charge in [-0.15, -0.1) is 0 Å². The second-order valence-corrected chi connectivity index (χ2v) is 4.21. The standard InChI is InChI=1S/C16H14O3/c1-11-10-13(8-9-14(11)19-2)16(18)15(17)12-6-4-3-5-7-12/h3-10H,1-2H3. The maximum Gasteiger partial charge on any atom is 0.233 e. The van der Waals surface area contributed by atoms with E-state index in [1.54, 1.807) is 55.6 Å². The summed E-state index contributed by atoms with van der Waals surface area (Å²) in [4.78, 5) is 24.1. The van der Waals surface area contributed by atoms with Crippen molar-refractivity contribution in [1.82, 2.24) is 0 Å². The predicted molar refractivity (Wildman–Crippen MR) is 72.8 cm³/mol. The Kier molecular flexibility index (Phi) is 3.76. The molecule has 96 valence electrons. The van der Waals surface area contributed by atoms with Gasteiger partial charge in [0.05, 0.1) is 7.11 Å². The third kappa shape index (κ3) is 2.71. The summed E-state index contributed by atoms with van der Waals surface area (Å²) in [5.41, 5.74) is 1.61. The fourth-order valence-electron chi connectivity index (χ4n) is 1.87. The summed E-state index contributed by atoms with van der Waals surface area (Å²) in [5.74, 6) is -0.300. The highest BCUT2D eigenvalue weighted by Gasteiger charge is 2.18. The molecule has 0 N–H and O–H groups in total. The molecule has 0 radical (unpaired) electrons. The summed E-state index contributed by atoms with van der Waals surface area (Å²) in [6.45, 7) is 1.84. The molecule has 0 amide bonds. The molecule has 0 bridgehead atoms.